The number of carbonyl (C=O) groups is 3. The van der Waals surface area contributed by atoms with Gasteiger partial charge in [0.15, 0.2) is 0 Å². The molecule has 1 unspecified atom stereocenters. The Bertz CT molecular complexity index is 672. The molecule has 1 aromatic rings. The summed E-state index contributed by atoms with van der Waals surface area (Å²) >= 11 is 1.31. The molecular weight excluding hydrogens is 366 g/mol. The minimum atomic E-state index is -0.853. The largest absolute Gasteiger partial charge is 0.465 e. The molecule has 1 saturated carbocycles. The highest BCUT2D eigenvalue weighted by Gasteiger charge is 2.42. The van der Waals surface area contributed by atoms with Crippen LogP contribution in [-0.2, 0) is 14.3 Å². The van der Waals surface area contributed by atoms with E-state index in [1.165, 1.54) is 18.4 Å². The van der Waals surface area contributed by atoms with E-state index in [2.05, 4.69) is 5.32 Å². The lowest BCUT2D eigenvalue weighted by molar-refractivity contribution is -0.130. The Morgan fingerprint density at radius 2 is 2.08 bits per heavy atom. The van der Waals surface area contributed by atoms with Crippen LogP contribution in [0.25, 0.3) is 0 Å². The van der Waals surface area contributed by atoms with Gasteiger partial charge in [-0.2, -0.15) is 0 Å². The van der Waals surface area contributed by atoms with Crippen molar-refractivity contribution in [3.8, 4) is 0 Å². The zero-order valence-electron chi connectivity index (χ0n) is 13.9. The number of carbonyl (C=O) groups excluding carboxylic acids is 3. The molecule has 0 radical (unpaired) electrons. The van der Waals surface area contributed by atoms with Crippen LogP contribution in [0.1, 0.15) is 42.5 Å². The van der Waals surface area contributed by atoms with Crippen molar-refractivity contribution < 1.29 is 19.1 Å². The number of methoxy groups -OCH3 is 1. The number of nitrogens with two attached hydrogens (primary N) is 1. The van der Waals surface area contributed by atoms with E-state index in [1.807, 2.05) is 0 Å². The number of nitrogens with one attached hydrogen (secondary N) is 1. The number of thiophene rings is 1. The van der Waals surface area contributed by atoms with Crippen molar-refractivity contribution in [2.75, 3.05) is 18.6 Å². The number of rotatable bonds is 4. The second kappa shape index (κ2) is 7.72. The van der Waals surface area contributed by atoms with Crippen LogP contribution in [0, 0.1) is 0 Å². The van der Waals surface area contributed by atoms with Crippen LogP contribution in [0.15, 0.2) is 11.4 Å². The van der Waals surface area contributed by atoms with Gasteiger partial charge in [-0.25, -0.2) is 4.79 Å². The number of esters is 1. The number of hydrogen-bond acceptors (Lipinski definition) is 6. The second-order valence-corrected chi connectivity index (χ2v) is 7.19. The van der Waals surface area contributed by atoms with Gasteiger partial charge < -0.3 is 20.7 Å². The number of hydrogen-bond donors (Lipinski definition) is 2. The third-order valence-electron chi connectivity index (χ3n) is 4.75. The Labute approximate surface area is 156 Å². The molecule has 2 amide bonds. The third kappa shape index (κ3) is 3.65. The van der Waals surface area contributed by atoms with E-state index in [4.69, 9.17) is 10.5 Å². The Morgan fingerprint density at radius 3 is 2.72 bits per heavy atom. The van der Waals surface area contributed by atoms with Crippen LogP contribution in [0.5, 0.6) is 0 Å². The molecular formula is C16H22ClN3O4S. The van der Waals surface area contributed by atoms with Crippen LogP contribution in [0.4, 0.5) is 5.00 Å². The zero-order chi connectivity index (χ0) is 17.3. The number of anilines is 1. The van der Waals surface area contributed by atoms with Crippen LogP contribution in [0.3, 0.4) is 0 Å². The van der Waals surface area contributed by atoms with Crippen molar-refractivity contribution in [1.82, 2.24) is 5.32 Å². The van der Waals surface area contributed by atoms with Gasteiger partial charge in [0.05, 0.1) is 18.2 Å². The Kier molecular flexibility index (Phi) is 6.08. The Morgan fingerprint density at radius 1 is 1.40 bits per heavy atom. The lowest BCUT2D eigenvalue weighted by Crippen LogP contribution is -2.55. The van der Waals surface area contributed by atoms with E-state index in [9.17, 15) is 14.4 Å². The molecule has 1 aliphatic heterocycles. The number of ether oxygens (including phenoxy) is 1. The maximum Gasteiger partial charge on any atom is 0.340 e. The molecule has 0 aromatic carbocycles. The fraction of sp³-hybridized carbons (Fsp3) is 0.562. The normalized spacial score (nSPS) is 21.8. The predicted molar refractivity (Wildman–Crippen MR) is 97.2 cm³/mol. The fourth-order valence-corrected chi connectivity index (χ4v) is 4.25. The first-order valence-corrected chi connectivity index (χ1v) is 8.91. The van der Waals surface area contributed by atoms with Gasteiger partial charge in [-0.3, -0.25) is 9.59 Å². The van der Waals surface area contributed by atoms with Crippen LogP contribution < -0.4 is 16.0 Å². The molecule has 7 nitrogen and oxygen atoms in total. The van der Waals surface area contributed by atoms with Gasteiger partial charge in [0, 0.05) is 6.54 Å². The fourth-order valence-electron chi connectivity index (χ4n) is 3.33. The lowest BCUT2D eigenvalue weighted by Gasteiger charge is -2.24. The molecule has 1 saturated heterocycles. The van der Waals surface area contributed by atoms with E-state index in [0.29, 0.717) is 36.4 Å². The summed E-state index contributed by atoms with van der Waals surface area (Å²) in [6.07, 6.45) is 3.68. The first-order valence-electron chi connectivity index (χ1n) is 8.03. The van der Waals surface area contributed by atoms with E-state index in [0.717, 1.165) is 12.8 Å². The van der Waals surface area contributed by atoms with Gasteiger partial charge in [0.1, 0.15) is 11.0 Å². The van der Waals surface area contributed by atoms with E-state index < -0.39 is 17.6 Å². The van der Waals surface area contributed by atoms with Gasteiger partial charge in [0.25, 0.3) is 0 Å². The number of halogens is 1. The molecule has 25 heavy (non-hydrogen) atoms. The van der Waals surface area contributed by atoms with Crippen molar-refractivity contribution in [1.29, 1.82) is 0 Å². The molecule has 2 heterocycles. The predicted octanol–water partition coefficient (Wildman–Crippen LogP) is 1.45. The van der Waals surface area contributed by atoms with Crippen LogP contribution in [-0.4, -0.2) is 43.0 Å². The molecule has 0 bridgehead atoms. The highest BCUT2D eigenvalue weighted by Crippen LogP contribution is 2.32. The van der Waals surface area contributed by atoms with Crippen molar-refractivity contribution in [3.05, 3.63) is 17.0 Å². The molecule has 3 N–H and O–H groups in total. The maximum absolute atomic E-state index is 12.6. The monoisotopic (exact) mass is 387 g/mol. The quantitative estimate of drug-likeness (QED) is 0.761. The summed E-state index contributed by atoms with van der Waals surface area (Å²) in [5.74, 6) is -0.935. The lowest BCUT2D eigenvalue weighted by atomic mass is 9.97. The summed E-state index contributed by atoms with van der Waals surface area (Å²) in [5.41, 5.74) is 5.66. The average molecular weight is 388 g/mol. The molecule has 1 atom stereocenters. The third-order valence-corrected chi connectivity index (χ3v) is 5.69. The van der Waals surface area contributed by atoms with Gasteiger partial charge in [0.2, 0.25) is 11.8 Å². The minimum absolute atomic E-state index is 0. The number of nitrogens with zero attached hydrogens (tertiary/aromatic N) is 1. The standard InChI is InChI=1S/C16H21N3O4S.ClH/c1-23-14(21)10-5-9-24-13(10)19-8-4-11(12(19)20)18-15(22)16(17)6-2-3-7-16;/h5,9,11H,2-4,6-8,17H2,1H3,(H,18,22);1H. The SMILES string of the molecule is COC(=O)c1ccsc1N1CCC(NC(=O)C2(N)CCCC2)C1=O.Cl. The molecule has 0 spiro atoms. The summed E-state index contributed by atoms with van der Waals surface area (Å²) < 4.78 is 4.75. The van der Waals surface area contributed by atoms with E-state index in [-0.39, 0.29) is 24.2 Å². The van der Waals surface area contributed by atoms with Crippen LogP contribution in [0.2, 0.25) is 0 Å². The summed E-state index contributed by atoms with van der Waals surface area (Å²) in [6.45, 7) is 0.450. The summed E-state index contributed by atoms with van der Waals surface area (Å²) in [7, 11) is 1.31. The molecule has 2 aliphatic rings. The summed E-state index contributed by atoms with van der Waals surface area (Å²) in [6, 6.07) is 1.05. The first-order chi connectivity index (χ1) is 11.5. The summed E-state index contributed by atoms with van der Waals surface area (Å²) in [5, 5.41) is 5.11. The van der Waals surface area contributed by atoms with Crippen molar-refractivity contribution in [2.45, 2.75) is 43.7 Å². The van der Waals surface area contributed by atoms with E-state index in [1.54, 1.807) is 16.3 Å². The maximum atomic E-state index is 12.6. The van der Waals surface area contributed by atoms with Crippen molar-refractivity contribution in [2.24, 2.45) is 5.73 Å². The van der Waals surface area contributed by atoms with Crippen molar-refractivity contribution >= 4 is 46.5 Å². The van der Waals surface area contributed by atoms with Crippen molar-refractivity contribution in [3.63, 3.8) is 0 Å². The Hall–Kier alpha value is -1.64. The van der Waals surface area contributed by atoms with Crippen LogP contribution >= 0.6 is 23.7 Å². The number of amides is 2. The molecule has 3 rings (SSSR count). The minimum Gasteiger partial charge on any atom is -0.465 e. The van der Waals surface area contributed by atoms with E-state index >= 15 is 0 Å². The topological polar surface area (TPSA) is 102 Å². The second-order valence-electron chi connectivity index (χ2n) is 6.30. The van der Waals surface area contributed by atoms with Gasteiger partial charge in [-0.05, 0) is 30.7 Å². The van der Waals surface area contributed by atoms with Gasteiger partial charge in [-0.1, -0.05) is 12.8 Å². The Balaban J connectivity index is 0.00000225. The molecule has 2 fully saturated rings. The average Bonchev–Trinajstić information content (AvgIpc) is 3.28. The van der Waals surface area contributed by atoms with Gasteiger partial charge >= 0.3 is 5.97 Å². The summed E-state index contributed by atoms with van der Waals surface area (Å²) in [4.78, 5) is 38.4. The molecule has 1 aromatic heterocycles. The van der Waals surface area contributed by atoms with Gasteiger partial charge in [-0.15, -0.1) is 23.7 Å². The first kappa shape index (κ1) is 19.7. The smallest absolute Gasteiger partial charge is 0.340 e. The molecule has 9 heteroatoms. The highest BCUT2D eigenvalue weighted by atomic mass is 35.5. The zero-order valence-corrected chi connectivity index (χ0v) is 15.6. The molecule has 1 aliphatic carbocycles. The molecule has 138 valence electrons. The highest BCUT2D eigenvalue weighted by molar-refractivity contribution is 7.14.